The number of amides is 1. The minimum atomic E-state index is -1.09. The summed E-state index contributed by atoms with van der Waals surface area (Å²) >= 11 is 3.18. The summed E-state index contributed by atoms with van der Waals surface area (Å²) in [6, 6.07) is 1.08. The fourth-order valence-corrected chi connectivity index (χ4v) is 3.28. The first-order chi connectivity index (χ1) is 12.6. The van der Waals surface area contributed by atoms with Crippen molar-refractivity contribution < 1.29 is 18.7 Å². The maximum absolute atomic E-state index is 14.0. The smallest absolute Gasteiger partial charge is 0.243 e. The molecule has 4 rings (SSSR count). The van der Waals surface area contributed by atoms with E-state index in [1.54, 1.807) is 17.2 Å². The molecular formula is C16H15BrFN5O3. The Morgan fingerprint density at radius 2 is 2.23 bits per heavy atom. The number of carbonyl (C=O) groups excluding carboxylic acids is 1. The highest BCUT2D eigenvalue weighted by atomic mass is 79.9. The molecule has 8 nitrogen and oxygen atoms in total. The minimum absolute atomic E-state index is 0.113. The molecule has 1 saturated heterocycles. The SMILES string of the molecule is O=C(Nc1cnc(Br)cn1)[C@H]1C[C@H](F)CN1Cc1nccc2c1OCO2. The number of halogens is 2. The van der Waals surface area contributed by atoms with Crippen LogP contribution in [0.15, 0.2) is 29.3 Å². The molecular weight excluding hydrogens is 409 g/mol. The van der Waals surface area contributed by atoms with Gasteiger partial charge >= 0.3 is 0 Å². The van der Waals surface area contributed by atoms with Gasteiger partial charge in [-0.3, -0.25) is 14.7 Å². The zero-order valence-electron chi connectivity index (χ0n) is 13.6. The third-order valence-electron chi connectivity index (χ3n) is 4.24. The number of ether oxygens (including phenoxy) is 2. The van der Waals surface area contributed by atoms with Crippen molar-refractivity contribution in [3.05, 3.63) is 35.0 Å². The van der Waals surface area contributed by atoms with Crippen molar-refractivity contribution in [2.45, 2.75) is 25.2 Å². The van der Waals surface area contributed by atoms with E-state index in [-0.39, 0.29) is 32.2 Å². The molecule has 2 aromatic heterocycles. The molecule has 10 heteroatoms. The highest BCUT2D eigenvalue weighted by molar-refractivity contribution is 9.10. The lowest BCUT2D eigenvalue weighted by atomic mass is 10.2. The average Bonchev–Trinajstić information content (AvgIpc) is 3.24. The summed E-state index contributed by atoms with van der Waals surface area (Å²) in [5, 5.41) is 2.68. The largest absolute Gasteiger partial charge is 0.453 e. The maximum Gasteiger partial charge on any atom is 0.243 e. The average molecular weight is 424 g/mol. The summed E-state index contributed by atoms with van der Waals surface area (Å²) in [6.45, 7) is 0.569. The monoisotopic (exact) mass is 423 g/mol. The van der Waals surface area contributed by atoms with Crippen LogP contribution in [-0.2, 0) is 11.3 Å². The van der Waals surface area contributed by atoms with Crippen molar-refractivity contribution in [1.82, 2.24) is 19.9 Å². The second kappa shape index (κ2) is 7.12. The van der Waals surface area contributed by atoms with Gasteiger partial charge < -0.3 is 14.8 Å². The molecule has 0 spiro atoms. The van der Waals surface area contributed by atoms with Gasteiger partial charge in [0, 0.05) is 31.8 Å². The van der Waals surface area contributed by atoms with Gasteiger partial charge in [0.1, 0.15) is 16.5 Å². The summed E-state index contributed by atoms with van der Waals surface area (Å²) in [4.78, 5) is 26.7. The second-order valence-electron chi connectivity index (χ2n) is 5.98. The van der Waals surface area contributed by atoms with Gasteiger partial charge in [-0.25, -0.2) is 14.4 Å². The normalized spacial score (nSPS) is 21.8. The fraction of sp³-hybridized carbons (Fsp3) is 0.375. The number of likely N-dealkylation sites (tertiary alicyclic amines) is 1. The number of pyridine rings is 1. The number of hydrogen-bond acceptors (Lipinski definition) is 7. The molecule has 0 bridgehead atoms. The Balaban J connectivity index is 1.49. The molecule has 2 aromatic rings. The van der Waals surface area contributed by atoms with E-state index in [0.29, 0.717) is 27.6 Å². The van der Waals surface area contributed by atoms with Crippen molar-refractivity contribution in [2.75, 3.05) is 18.7 Å². The lowest BCUT2D eigenvalue weighted by molar-refractivity contribution is -0.120. The van der Waals surface area contributed by atoms with E-state index < -0.39 is 12.2 Å². The first kappa shape index (κ1) is 17.1. The Bertz CT molecular complexity index is 822. The number of carbonyl (C=O) groups is 1. The standard InChI is InChI=1S/C16H15BrFN5O3/c17-13-4-21-14(5-20-13)22-16(24)11-3-9(18)6-23(11)7-10-15-12(1-2-19-10)25-8-26-15/h1-2,4-5,9,11H,3,6-8H2,(H,21,22,24)/t9-,11+/m0/s1. The number of anilines is 1. The maximum atomic E-state index is 14.0. The molecule has 2 atom stereocenters. The molecule has 2 aliphatic heterocycles. The number of fused-ring (bicyclic) bond motifs is 1. The molecule has 1 amide bonds. The van der Waals surface area contributed by atoms with E-state index in [9.17, 15) is 9.18 Å². The quantitative estimate of drug-likeness (QED) is 0.802. The highest BCUT2D eigenvalue weighted by Crippen LogP contribution is 2.35. The summed E-state index contributed by atoms with van der Waals surface area (Å²) in [5.41, 5.74) is 0.621. The van der Waals surface area contributed by atoms with Gasteiger partial charge in [0.25, 0.3) is 0 Å². The number of alkyl halides is 1. The van der Waals surface area contributed by atoms with Gasteiger partial charge in [-0.1, -0.05) is 0 Å². The highest BCUT2D eigenvalue weighted by Gasteiger charge is 2.38. The van der Waals surface area contributed by atoms with Crippen LogP contribution >= 0.6 is 15.9 Å². The molecule has 0 aromatic carbocycles. The number of nitrogens with zero attached hydrogens (tertiary/aromatic N) is 4. The molecule has 4 heterocycles. The fourth-order valence-electron chi connectivity index (χ4n) is 3.08. The Morgan fingerprint density at radius 1 is 1.35 bits per heavy atom. The van der Waals surface area contributed by atoms with Gasteiger partial charge in [-0.15, -0.1) is 0 Å². The molecule has 1 N–H and O–H groups in total. The summed E-state index contributed by atoms with van der Waals surface area (Å²) < 4.78 is 25.4. The van der Waals surface area contributed by atoms with Crippen LogP contribution in [0.4, 0.5) is 10.2 Å². The molecule has 0 unspecified atom stereocenters. The number of rotatable bonds is 4. The van der Waals surface area contributed by atoms with Gasteiger partial charge in [0.05, 0.1) is 18.4 Å². The van der Waals surface area contributed by atoms with E-state index in [2.05, 4.69) is 36.2 Å². The van der Waals surface area contributed by atoms with Gasteiger partial charge in [-0.05, 0) is 15.9 Å². The van der Waals surface area contributed by atoms with E-state index in [4.69, 9.17) is 9.47 Å². The van der Waals surface area contributed by atoms with Gasteiger partial charge in [0.2, 0.25) is 12.7 Å². The third kappa shape index (κ3) is 3.47. The van der Waals surface area contributed by atoms with Crippen molar-refractivity contribution in [3.63, 3.8) is 0 Å². The molecule has 1 fully saturated rings. The Labute approximate surface area is 156 Å². The summed E-state index contributed by atoms with van der Waals surface area (Å²) in [5.74, 6) is 1.15. The Morgan fingerprint density at radius 3 is 3.04 bits per heavy atom. The predicted octanol–water partition coefficient (Wildman–Crippen LogP) is 1.91. The van der Waals surface area contributed by atoms with E-state index in [1.165, 1.54) is 12.4 Å². The van der Waals surface area contributed by atoms with E-state index in [0.717, 1.165) is 0 Å². The van der Waals surface area contributed by atoms with Crippen molar-refractivity contribution in [2.24, 2.45) is 0 Å². The van der Waals surface area contributed by atoms with Crippen molar-refractivity contribution in [3.8, 4) is 11.5 Å². The van der Waals surface area contributed by atoms with Gasteiger partial charge in [-0.2, -0.15) is 0 Å². The number of hydrogen-bond donors (Lipinski definition) is 1. The van der Waals surface area contributed by atoms with Crippen LogP contribution in [0.1, 0.15) is 12.1 Å². The lowest BCUT2D eigenvalue weighted by Gasteiger charge is -2.23. The first-order valence-electron chi connectivity index (χ1n) is 8.00. The topological polar surface area (TPSA) is 89.5 Å². The summed E-state index contributed by atoms with van der Waals surface area (Å²) in [7, 11) is 0. The summed E-state index contributed by atoms with van der Waals surface area (Å²) in [6.07, 6.45) is 3.55. The Hall–Kier alpha value is -2.33. The van der Waals surface area contributed by atoms with Crippen LogP contribution in [-0.4, -0.2) is 51.3 Å². The van der Waals surface area contributed by atoms with E-state index >= 15 is 0 Å². The number of aromatic nitrogens is 3. The first-order valence-corrected chi connectivity index (χ1v) is 8.79. The molecule has 2 aliphatic rings. The Kier molecular flexibility index (Phi) is 4.68. The van der Waals surface area contributed by atoms with E-state index in [1.807, 2.05) is 0 Å². The van der Waals surface area contributed by atoms with Crippen LogP contribution in [0.5, 0.6) is 11.5 Å². The van der Waals surface area contributed by atoms with Crippen LogP contribution < -0.4 is 14.8 Å². The molecule has 136 valence electrons. The van der Waals surface area contributed by atoms with Crippen LogP contribution in [0.2, 0.25) is 0 Å². The zero-order chi connectivity index (χ0) is 18.1. The zero-order valence-corrected chi connectivity index (χ0v) is 15.1. The van der Waals surface area contributed by atoms with Crippen molar-refractivity contribution >= 4 is 27.7 Å². The molecule has 26 heavy (non-hydrogen) atoms. The molecule has 0 radical (unpaired) electrons. The lowest BCUT2D eigenvalue weighted by Crippen LogP contribution is -2.39. The van der Waals surface area contributed by atoms with Crippen LogP contribution in [0.3, 0.4) is 0 Å². The molecule has 0 aliphatic carbocycles. The second-order valence-corrected chi connectivity index (χ2v) is 6.80. The van der Waals surface area contributed by atoms with Crippen molar-refractivity contribution in [1.29, 1.82) is 0 Å². The third-order valence-corrected chi connectivity index (χ3v) is 4.65. The van der Waals surface area contributed by atoms with Crippen LogP contribution in [0.25, 0.3) is 0 Å². The number of nitrogens with one attached hydrogen (secondary N) is 1. The minimum Gasteiger partial charge on any atom is -0.453 e. The van der Waals surface area contributed by atoms with Gasteiger partial charge in [0.15, 0.2) is 17.3 Å². The molecule has 0 saturated carbocycles. The van der Waals surface area contributed by atoms with Crippen LogP contribution in [0, 0.1) is 0 Å². The predicted molar refractivity (Wildman–Crippen MR) is 92.4 cm³/mol.